The number of alkyl halides is 1. The molecule has 0 radical (unpaired) electrons. The van der Waals surface area contributed by atoms with E-state index in [-0.39, 0.29) is 6.04 Å². The van der Waals surface area contributed by atoms with Crippen LogP contribution >= 0.6 is 23.2 Å². The van der Waals surface area contributed by atoms with Crippen LogP contribution in [0.1, 0.15) is 12.8 Å². The van der Waals surface area contributed by atoms with Crippen LogP contribution in [0.2, 0.25) is 0 Å². The number of nitrogens with zero attached hydrogens (tertiary/aromatic N) is 1. The average molecular weight is 332 g/mol. The molecule has 3 nitrogen and oxygen atoms in total. The lowest BCUT2D eigenvalue weighted by Gasteiger charge is -2.42. The topological polar surface area (TPSA) is 37.4 Å². The van der Waals surface area contributed by atoms with Gasteiger partial charge in [-0.2, -0.15) is 4.31 Å². The van der Waals surface area contributed by atoms with E-state index in [1.807, 2.05) is 6.08 Å². The van der Waals surface area contributed by atoms with Gasteiger partial charge in [-0.25, -0.2) is 8.42 Å². The molecule has 1 heterocycles. The van der Waals surface area contributed by atoms with Gasteiger partial charge in [0.2, 0.25) is 10.0 Å². The predicted octanol–water partition coefficient (Wildman–Crippen LogP) is 3.20. The number of piperidine rings is 1. The maximum absolute atomic E-state index is 12.7. The summed E-state index contributed by atoms with van der Waals surface area (Å²) >= 11 is 12.5. The first-order chi connectivity index (χ1) is 9.50. The monoisotopic (exact) mass is 331 g/mol. The molecule has 1 fully saturated rings. The Morgan fingerprint density at radius 1 is 1.20 bits per heavy atom. The summed E-state index contributed by atoms with van der Waals surface area (Å²) in [5.74, 6) is 0.338. The molecular formula is C14H15Cl2NO2S. The minimum atomic E-state index is -3.51. The van der Waals surface area contributed by atoms with Gasteiger partial charge in [-0.05, 0) is 30.9 Å². The number of fused-ring (bicyclic) bond motifs is 2. The lowest BCUT2D eigenvalue weighted by Crippen LogP contribution is -2.51. The summed E-state index contributed by atoms with van der Waals surface area (Å²) in [4.78, 5) is 0.313. The van der Waals surface area contributed by atoms with Crippen LogP contribution in [-0.2, 0) is 10.0 Å². The molecule has 0 saturated carbocycles. The molecule has 108 valence electrons. The van der Waals surface area contributed by atoms with Gasteiger partial charge < -0.3 is 0 Å². The van der Waals surface area contributed by atoms with Crippen molar-refractivity contribution in [1.82, 2.24) is 4.31 Å². The SMILES string of the molecule is O=S(=O)(c1ccccc1)N1CC[C@H]2C=C(Cl)[C@@H](Cl)[C@@H]1C2. The van der Waals surface area contributed by atoms with Crippen molar-refractivity contribution < 1.29 is 8.42 Å². The standard InChI is InChI=1S/C14H15Cl2NO2S/c15-12-8-10-6-7-17(13(9-10)14(12)16)20(18,19)11-4-2-1-3-5-11/h1-5,8,10,13-14H,6-7,9H2/t10-,13-,14+/m0/s1. The van der Waals surface area contributed by atoms with E-state index in [2.05, 4.69) is 0 Å². The number of sulfonamides is 1. The summed E-state index contributed by atoms with van der Waals surface area (Å²) in [6, 6.07) is 8.24. The minimum Gasteiger partial charge on any atom is -0.207 e. The number of rotatable bonds is 2. The maximum atomic E-state index is 12.7. The van der Waals surface area contributed by atoms with Gasteiger partial charge >= 0.3 is 0 Å². The van der Waals surface area contributed by atoms with Gasteiger partial charge in [0.25, 0.3) is 0 Å². The van der Waals surface area contributed by atoms with Crippen molar-refractivity contribution in [2.45, 2.75) is 29.2 Å². The van der Waals surface area contributed by atoms with Crippen molar-refractivity contribution in [3.8, 4) is 0 Å². The number of hydrogen-bond donors (Lipinski definition) is 0. The second-order valence-corrected chi connectivity index (χ2v) is 8.03. The minimum absolute atomic E-state index is 0.252. The summed E-state index contributed by atoms with van der Waals surface area (Å²) in [6.45, 7) is 0.496. The van der Waals surface area contributed by atoms with Crippen LogP contribution in [0.3, 0.4) is 0 Å². The molecule has 1 aliphatic heterocycles. The molecule has 1 aromatic carbocycles. The number of allylic oxidation sites excluding steroid dienone is 1. The van der Waals surface area contributed by atoms with Gasteiger partial charge in [0.05, 0.1) is 10.3 Å². The van der Waals surface area contributed by atoms with Crippen LogP contribution in [0.5, 0.6) is 0 Å². The number of halogens is 2. The molecule has 0 N–H and O–H groups in total. The highest BCUT2D eigenvalue weighted by Crippen LogP contribution is 2.40. The quantitative estimate of drug-likeness (QED) is 0.780. The Morgan fingerprint density at radius 2 is 1.90 bits per heavy atom. The summed E-state index contributed by atoms with van der Waals surface area (Å²) < 4.78 is 27.0. The van der Waals surface area contributed by atoms with Gasteiger partial charge in [0, 0.05) is 17.6 Å². The van der Waals surface area contributed by atoms with Crippen LogP contribution in [0, 0.1) is 5.92 Å². The highest BCUT2D eigenvalue weighted by Gasteiger charge is 2.43. The van der Waals surface area contributed by atoms with Crippen molar-refractivity contribution in [3.63, 3.8) is 0 Å². The fraction of sp³-hybridized carbons (Fsp3) is 0.429. The molecule has 0 spiro atoms. The summed E-state index contributed by atoms with van der Waals surface area (Å²) in [5, 5.41) is 0.118. The second-order valence-electron chi connectivity index (χ2n) is 5.23. The Hall–Kier alpha value is -0.550. The van der Waals surface area contributed by atoms with Crippen LogP contribution in [-0.4, -0.2) is 30.7 Å². The van der Waals surface area contributed by atoms with Crippen LogP contribution in [0.4, 0.5) is 0 Å². The van der Waals surface area contributed by atoms with E-state index in [9.17, 15) is 8.42 Å². The molecule has 0 aromatic heterocycles. The van der Waals surface area contributed by atoms with Gasteiger partial charge in [-0.15, -0.1) is 11.6 Å². The van der Waals surface area contributed by atoms with E-state index in [0.29, 0.717) is 22.4 Å². The molecule has 0 unspecified atom stereocenters. The van der Waals surface area contributed by atoms with E-state index < -0.39 is 15.4 Å². The zero-order chi connectivity index (χ0) is 14.3. The van der Waals surface area contributed by atoms with Gasteiger partial charge in [-0.1, -0.05) is 35.9 Å². The molecule has 1 aromatic rings. The Morgan fingerprint density at radius 3 is 2.60 bits per heavy atom. The molecule has 1 saturated heterocycles. The van der Waals surface area contributed by atoms with Crippen molar-refractivity contribution >= 4 is 33.2 Å². The lowest BCUT2D eigenvalue weighted by atomic mass is 9.85. The molecular weight excluding hydrogens is 317 g/mol. The Balaban J connectivity index is 1.97. The van der Waals surface area contributed by atoms with Gasteiger partial charge in [0.15, 0.2) is 0 Å². The highest BCUT2D eigenvalue weighted by atomic mass is 35.5. The van der Waals surface area contributed by atoms with Gasteiger partial charge in [0.1, 0.15) is 0 Å². The Kier molecular flexibility index (Phi) is 3.84. The number of benzene rings is 1. The zero-order valence-corrected chi connectivity index (χ0v) is 13.1. The number of hydrogen-bond acceptors (Lipinski definition) is 2. The Bertz CT molecular complexity index is 630. The van der Waals surface area contributed by atoms with Gasteiger partial charge in [-0.3, -0.25) is 0 Å². The first-order valence-electron chi connectivity index (χ1n) is 6.58. The molecule has 0 amide bonds. The predicted molar refractivity (Wildman–Crippen MR) is 80.4 cm³/mol. The third kappa shape index (κ3) is 2.39. The molecule has 20 heavy (non-hydrogen) atoms. The summed E-state index contributed by atoms with van der Waals surface area (Å²) in [6.07, 6.45) is 3.51. The largest absolute Gasteiger partial charge is 0.243 e. The molecule has 2 aliphatic rings. The first-order valence-corrected chi connectivity index (χ1v) is 8.84. The second kappa shape index (κ2) is 5.34. The molecule has 3 rings (SSSR count). The zero-order valence-electron chi connectivity index (χ0n) is 10.7. The normalized spacial score (nSPS) is 30.9. The lowest BCUT2D eigenvalue weighted by molar-refractivity contribution is 0.212. The van der Waals surface area contributed by atoms with Crippen molar-refractivity contribution in [2.24, 2.45) is 5.92 Å². The first kappa shape index (κ1) is 14.4. The fourth-order valence-corrected chi connectivity index (χ4v) is 5.33. The van der Waals surface area contributed by atoms with Crippen molar-refractivity contribution in [3.05, 3.63) is 41.4 Å². The van der Waals surface area contributed by atoms with E-state index in [4.69, 9.17) is 23.2 Å². The maximum Gasteiger partial charge on any atom is 0.243 e. The van der Waals surface area contributed by atoms with Crippen LogP contribution in [0.25, 0.3) is 0 Å². The van der Waals surface area contributed by atoms with E-state index in [1.165, 1.54) is 4.31 Å². The van der Waals surface area contributed by atoms with E-state index in [0.717, 1.165) is 12.8 Å². The van der Waals surface area contributed by atoms with E-state index >= 15 is 0 Å². The third-order valence-corrected chi connectivity index (χ3v) is 6.92. The average Bonchev–Trinajstić information content (AvgIpc) is 2.46. The fourth-order valence-electron chi connectivity index (χ4n) is 2.95. The summed E-state index contributed by atoms with van der Waals surface area (Å²) in [5.41, 5.74) is 0. The third-order valence-electron chi connectivity index (χ3n) is 3.98. The highest BCUT2D eigenvalue weighted by molar-refractivity contribution is 7.89. The molecule has 2 bridgehead atoms. The van der Waals surface area contributed by atoms with Crippen LogP contribution in [0.15, 0.2) is 46.3 Å². The Labute approximate surface area is 129 Å². The molecule has 3 atom stereocenters. The van der Waals surface area contributed by atoms with Crippen molar-refractivity contribution in [2.75, 3.05) is 6.54 Å². The summed E-state index contributed by atoms with van der Waals surface area (Å²) in [7, 11) is -3.51. The molecule has 6 heteroatoms. The van der Waals surface area contributed by atoms with Crippen LogP contribution < -0.4 is 0 Å². The smallest absolute Gasteiger partial charge is 0.207 e. The van der Waals surface area contributed by atoms with E-state index in [1.54, 1.807) is 30.3 Å². The van der Waals surface area contributed by atoms with Crippen molar-refractivity contribution in [1.29, 1.82) is 0 Å². The molecule has 1 aliphatic carbocycles.